The molecule has 2 rings (SSSR count). The zero-order valence-corrected chi connectivity index (χ0v) is 10.3. The Morgan fingerprint density at radius 1 is 1.43 bits per heavy atom. The Morgan fingerprint density at radius 2 is 2.14 bits per heavy atom. The number of nitrogens with one attached hydrogen (secondary N) is 1. The second-order valence-electron chi connectivity index (χ2n) is 3.86. The minimum Gasteiger partial charge on any atom is -0.389 e. The van der Waals surface area contributed by atoms with Gasteiger partial charge in [-0.15, -0.1) is 11.3 Å². The number of thiophene rings is 1. The highest BCUT2D eigenvalue weighted by atomic mass is 79.9. The highest BCUT2D eigenvalue weighted by Crippen LogP contribution is 2.29. The molecule has 0 saturated carbocycles. The molecule has 1 saturated heterocycles. The Kier molecular flexibility index (Phi) is 3.27. The Bertz CT molecular complexity index is 307. The van der Waals surface area contributed by atoms with Gasteiger partial charge in [-0.1, -0.05) is 0 Å². The van der Waals surface area contributed by atoms with E-state index in [-0.39, 0.29) is 0 Å². The second kappa shape index (κ2) is 4.31. The van der Waals surface area contributed by atoms with Crippen molar-refractivity contribution in [1.82, 2.24) is 5.32 Å². The average molecular weight is 276 g/mol. The van der Waals surface area contributed by atoms with Crippen LogP contribution in [0.2, 0.25) is 0 Å². The molecule has 4 heteroatoms. The Labute approximate surface area is 96.5 Å². The summed E-state index contributed by atoms with van der Waals surface area (Å²) in [6.07, 6.45) is 2.52. The van der Waals surface area contributed by atoms with E-state index >= 15 is 0 Å². The van der Waals surface area contributed by atoms with Gasteiger partial charge >= 0.3 is 0 Å². The van der Waals surface area contributed by atoms with Crippen LogP contribution in [-0.2, 0) is 6.42 Å². The van der Waals surface area contributed by atoms with Crippen LogP contribution in [-0.4, -0.2) is 23.8 Å². The molecule has 0 bridgehead atoms. The first-order chi connectivity index (χ1) is 6.68. The number of hydrogen-bond donors (Lipinski definition) is 2. The predicted octanol–water partition coefficient (Wildman–Crippen LogP) is 2.17. The van der Waals surface area contributed by atoms with Crippen LogP contribution in [0.4, 0.5) is 0 Å². The SMILES string of the molecule is OC1(Cc2ccc(Br)s2)CCNCC1. The van der Waals surface area contributed by atoms with Gasteiger partial charge in [0.1, 0.15) is 0 Å². The fraction of sp³-hybridized carbons (Fsp3) is 0.600. The van der Waals surface area contributed by atoms with E-state index in [1.165, 1.54) is 4.88 Å². The number of rotatable bonds is 2. The van der Waals surface area contributed by atoms with Crippen molar-refractivity contribution in [2.45, 2.75) is 24.9 Å². The molecule has 2 heterocycles. The lowest BCUT2D eigenvalue weighted by Crippen LogP contribution is -2.43. The summed E-state index contributed by atoms with van der Waals surface area (Å²) in [6, 6.07) is 4.14. The van der Waals surface area contributed by atoms with Gasteiger partial charge in [-0.2, -0.15) is 0 Å². The van der Waals surface area contributed by atoms with Crippen molar-refractivity contribution >= 4 is 27.3 Å². The molecular weight excluding hydrogens is 262 g/mol. The fourth-order valence-electron chi connectivity index (χ4n) is 1.84. The standard InChI is InChI=1S/C10H14BrNOS/c11-9-2-1-8(14-9)7-10(13)3-5-12-6-4-10/h1-2,12-13H,3-7H2. The smallest absolute Gasteiger partial charge is 0.0720 e. The first kappa shape index (κ1) is 10.6. The third kappa shape index (κ3) is 2.57. The molecule has 1 aliphatic rings. The Morgan fingerprint density at radius 3 is 2.71 bits per heavy atom. The molecule has 78 valence electrons. The fourth-order valence-corrected chi connectivity index (χ4v) is 3.46. The molecule has 1 aromatic rings. The van der Waals surface area contributed by atoms with E-state index in [9.17, 15) is 5.11 Å². The summed E-state index contributed by atoms with van der Waals surface area (Å²) in [7, 11) is 0. The van der Waals surface area contributed by atoms with Gasteiger partial charge in [0.25, 0.3) is 0 Å². The van der Waals surface area contributed by atoms with Gasteiger partial charge < -0.3 is 10.4 Å². The van der Waals surface area contributed by atoms with Gasteiger partial charge in [-0.25, -0.2) is 0 Å². The summed E-state index contributed by atoms with van der Waals surface area (Å²) in [4.78, 5) is 1.27. The normalized spacial score (nSPS) is 21.0. The van der Waals surface area contributed by atoms with Gasteiger partial charge in [0.05, 0.1) is 9.39 Å². The quantitative estimate of drug-likeness (QED) is 0.867. The summed E-state index contributed by atoms with van der Waals surface area (Å²) in [5.74, 6) is 0. The molecule has 0 spiro atoms. The van der Waals surface area contributed by atoms with Crippen molar-refractivity contribution in [1.29, 1.82) is 0 Å². The summed E-state index contributed by atoms with van der Waals surface area (Å²) in [5, 5.41) is 13.6. The maximum atomic E-state index is 10.3. The van der Waals surface area contributed by atoms with Crippen molar-refractivity contribution in [2.75, 3.05) is 13.1 Å². The van der Waals surface area contributed by atoms with Crippen molar-refractivity contribution in [3.63, 3.8) is 0 Å². The summed E-state index contributed by atoms with van der Waals surface area (Å²) < 4.78 is 1.14. The number of halogens is 1. The van der Waals surface area contributed by atoms with E-state index in [1.807, 2.05) is 6.07 Å². The molecule has 2 nitrogen and oxygen atoms in total. The van der Waals surface area contributed by atoms with Crippen molar-refractivity contribution in [2.24, 2.45) is 0 Å². The molecule has 1 fully saturated rings. The molecule has 0 amide bonds. The van der Waals surface area contributed by atoms with Crippen LogP contribution in [0.3, 0.4) is 0 Å². The zero-order chi connectivity index (χ0) is 10.0. The topological polar surface area (TPSA) is 32.3 Å². The zero-order valence-electron chi connectivity index (χ0n) is 7.92. The minimum absolute atomic E-state index is 0.477. The Hall–Kier alpha value is 0.1000. The van der Waals surface area contributed by atoms with Gasteiger partial charge in [-0.05, 0) is 54.0 Å². The van der Waals surface area contributed by atoms with Gasteiger partial charge in [0, 0.05) is 11.3 Å². The molecule has 2 N–H and O–H groups in total. The lowest BCUT2D eigenvalue weighted by molar-refractivity contribution is 0.0116. The lowest BCUT2D eigenvalue weighted by atomic mass is 9.88. The predicted molar refractivity (Wildman–Crippen MR) is 62.8 cm³/mol. The molecule has 0 aromatic carbocycles. The van der Waals surface area contributed by atoms with Crippen LogP contribution in [0.15, 0.2) is 15.9 Å². The summed E-state index contributed by atoms with van der Waals surface area (Å²) in [6.45, 7) is 1.87. The van der Waals surface area contributed by atoms with E-state index in [2.05, 4.69) is 27.3 Å². The van der Waals surface area contributed by atoms with E-state index in [1.54, 1.807) is 11.3 Å². The summed E-state index contributed by atoms with van der Waals surface area (Å²) >= 11 is 5.16. The molecule has 0 radical (unpaired) electrons. The molecule has 14 heavy (non-hydrogen) atoms. The molecule has 0 aliphatic carbocycles. The maximum Gasteiger partial charge on any atom is 0.0720 e. The van der Waals surface area contributed by atoms with Gasteiger partial charge in [-0.3, -0.25) is 0 Å². The Balaban J connectivity index is 2.01. The summed E-state index contributed by atoms with van der Waals surface area (Å²) in [5.41, 5.74) is -0.477. The van der Waals surface area contributed by atoms with E-state index in [4.69, 9.17) is 0 Å². The molecule has 1 aliphatic heterocycles. The molecule has 0 unspecified atom stereocenters. The molecule has 1 aromatic heterocycles. The first-order valence-electron chi connectivity index (χ1n) is 4.85. The largest absolute Gasteiger partial charge is 0.389 e. The number of piperidine rings is 1. The maximum absolute atomic E-state index is 10.3. The van der Waals surface area contributed by atoms with Crippen LogP contribution in [0, 0.1) is 0 Å². The van der Waals surface area contributed by atoms with Gasteiger partial charge in [0.15, 0.2) is 0 Å². The lowest BCUT2D eigenvalue weighted by Gasteiger charge is -2.32. The highest BCUT2D eigenvalue weighted by molar-refractivity contribution is 9.11. The molecule has 0 atom stereocenters. The third-order valence-electron chi connectivity index (χ3n) is 2.67. The van der Waals surface area contributed by atoms with Crippen molar-refractivity contribution < 1.29 is 5.11 Å². The van der Waals surface area contributed by atoms with E-state index < -0.39 is 5.60 Å². The second-order valence-corrected chi connectivity index (χ2v) is 6.40. The van der Waals surface area contributed by atoms with Crippen LogP contribution in [0.1, 0.15) is 17.7 Å². The number of aliphatic hydroxyl groups is 1. The highest BCUT2D eigenvalue weighted by Gasteiger charge is 2.29. The first-order valence-corrected chi connectivity index (χ1v) is 6.46. The minimum atomic E-state index is -0.477. The van der Waals surface area contributed by atoms with Gasteiger partial charge in [0.2, 0.25) is 0 Å². The average Bonchev–Trinajstić information content (AvgIpc) is 2.51. The van der Waals surface area contributed by atoms with Crippen molar-refractivity contribution in [3.8, 4) is 0 Å². The van der Waals surface area contributed by atoms with Crippen LogP contribution in [0.5, 0.6) is 0 Å². The van der Waals surface area contributed by atoms with Crippen LogP contribution in [0.25, 0.3) is 0 Å². The molecular formula is C10H14BrNOS. The van der Waals surface area contributed by atoms with E-state index in [0.29, 0.717) is 0 Å². The number of hydrogen-bond acceptors (Lipinski definition) is 3. The van der Waals surface area contributed by atoms with Crippen LogP contribution < -0.4 is 5.32 Å². The monoisotopic (exact) mass is 275 g/mol. The third-order valence-corrected chi connectivity index (χ3v) is 4.29. The van der Waals surface area contributed by atoms with E-state index in [0.717, 1.165) is 36.1 Å². The van der Waals surface area contributed by atoms with Crippen LogP contribution >= 0.6 is 27.3 Å². The van der Waals surface area contributed by atoms with Crippen molar-refractivity contribution in [3.05, 3.63) is 20.8 Å².